The number of carbonyl (C=O) groups excluding carboxylic acids is 2. The fourth-order valence-corrected chi connectivity index (χ4v) is 4.32. The maximum Gasteiger partial charge on any atom is 0.339 e. The number of methoxy groups -OCH3 is 1. The van der Waals surface area contributed by atoms with Gasteiger partial charge in [-0.05, 0) is 53.6 Å². The van der Waals surface area contributed by atoms with Gasteiger partial charge in [0.1, 0.15) is 5.75 Å². The molecule has 5 aromatic rings. The Balaban J connectivity index is 1.39. The van der Waals surface area contributed by atoms with Gasteiger partial charge in [0.15, 0.2) is 6.61 Å². The van der Waals surface area contributed by atoms with Crippen molar-refractivity contribution in [2.75, 3.05) is 13.7 Å². The Morgan fingerprint density at radius 3 is 2.41 bits per heavy atom. The minimum Gasteiger partial charge on any atom is -0.497 e. The molecule has 1 aromatic heterocycles. The summed E-state index contributed by atoms with van der Waals surface area (Å²) in [4.78, 5) is 30.4. The molecule has 0 radical (unpaired) electrons. The Hall–Kier alpha value is -4.71. The summed E-state index contributed by atoms with van der Waals surface area (Å²) in [6, 6.07) is 30.4. The number of para-hydroxylation sites is 1. The second-order valence-electron chi connectivity index (χ2n) is 8.78. The Morgan fingerprint density at radius 1 is 0.865 bits per heavy atom. The van der Waals surface area contributed by atoms with Crippen LogP contribution in [0.5, 0.6) is 5.75 Å². The lowest BCUT2D eigenvalue weighted by molar-refractivity contribution is -0.124. The van der Waals surface area contributed by atoms with Gasteiger partial charge in [0.05, 0.1) is 29.9 Å². The van der Waals surface area contributed by atoms with Gasteiger partial charge in [0.25, 0.3) is 5.91 Å². The molecule has 0 unspecified atom stereocenters. The normalized spacial score (nSPS) is 11.7. The molecule has 0 aliphatic rings. The lowest BCUT2D eigenvalue weighted by atomic mass is 10.0. The van der Waals surface area contributed by atoms with E-state index in [1.54, 1.807) is 13.2 Å². The van der Waals surface area contributed by atoms with Crippen LogP contribution in [-0.4, -0.2) is 30.6 Å². The molecule has 6 nitrogen and oxygen atoms in total. The second kappa shape index (κ2) is 10.5. The highest BCUT2D eigenvalue weighted by atomic mass is 16.5. The Morgan fingerprint density at radius 2 is 1.59 bits per heavy atom. The highest BCUT2D eigenvalue weighted by molar-refractivity contribution is 6.05. The Labute approximate surface area is 214 Å². The largest absolute Gasteiger partial charge is 0.497 e. The van der Waals surface area contributed by atoms with Gasteiger partial charge in [-0.1, -0.05) is 66.7 Å². The van der Waals surface area contributed by atoms with E-state index in [-0.39, 0.29) is 18.6 Å². The number of hydrogen-bond donors (Lipinski definition) is 1. The predicted octanol–water partition coefficient (Wildman–Crippen LogP) is 6.10. The first kappa shape index (κ1) is 24.0. The van der Waals surface area contributed by atoms with Crippen LogP contribution < -0.4 is 10.1 Å². The molecule has 0 saturated carbocycles. The van der Waals surface area contributed by atoms with Crippen LogP contribution in [0.25, 0.3) is 32.9 Å². The third kappa shape index (κ3) is 5.28. The SMILES string of the molecule is COc1ccc2cc(-c3cc(C(=O)OCC(=O)N[C@H](C)c4ccccc4)c4ccccc4n3)ccc2c1. The van der Waals surface area contributed by atoms with Crippen molar-refractivity contribution in [3.05, 3.63) is 108 Å². The van der Waals surface area contributed by atoms with E-state index in [1.807, 2.05) is 97.9 Å². The van der Waals surface area contributed by atoms with Crippen molar-refractivity contribution in [2.24, 2.45) is 0 Å². The number of nitrogens with one attached hydrogen (secondary N) is 1. The molecule has 0 aliphatic carbocycles. The van der Waals surface area contributed by atoms with Crippen molar-refractivity contribution in [2.45, 2.75) is 13.0 Å². The van der Waals surface area contributed by atoms with Crippen molar-refractivity contribution in [1.82, 2.24) is 10.3 Å². The van der Waals surface area contributed by atoms with Crippen LogP contribution in [0.2, 0.25) is 0 Å². The van der Waals surface area contributed by atoms with Gasteiger partial charge in [0, 0.05) is 10.9 Å². The van der Waals surface area contributed by atoms with Crippen molar-refractivity contribution in [3.8, 4) is 17.0 Å². The number of hydrogen-bond acceptors (Lipinski definition) is 5. The number of benzene rings is 4. The van der Waals surface area contributed by atoms with Crippen molar-refractivity contribution in [1.29, 1.82) is 0 Å². The summed E-state index contributed by atoms with van der Waals surface area (Å²) < 4.78 is 10.7. The summed E-state index contributed by atoms with van der Waals surface area (Å²) in [5.41, 5.74) is 3.52. The maximum absolute atomic E-state index is 13.1. The van der Waals surface area contributed by atoms with Gasteiger partial charge < -0.3 is 14.8 Å². The summed E-state index contributed by atoms with van der Waals surface area (Å²) >= 11 is 0. The number of fused-ring (bicyclic) bond motifs is 2. The number of aromatic nitrogens is 1. The minimum absolute atomic E-state index is 0.200. The first-order valence-corrected chi connectivity index (χ1v) is 12.0. The highest BCUT2D eigenvalue weighted by Crippen LogP contribution is 2.29. The van der Waals surface area contributed by atoms with Crippen LogP contribution in [0.1, 0.15) is 28.9 Å². The van der Waals surface area contributed by atoms with Gasteiger partial charge >= 0.3 is 5.97 Å². The fraction of sp³-hybridized carbons (Fsp3) is 0.129. The van der Waals surface area contributed by atoms with Crippen LogP contribution in [-0.2, 0) is 9.53 Å². The molecular weight excluding hydrogens is 464 g/mol. The molecule has 6 heteroatoms. The topological polar surface area (TPSA) is 77.5 Å². The van der Waals surface area contributed by atoms with Crippen molar-refractivity contribution < 1.29 is 19.1 Å². The molecule has 1 heterocycles. The van der Waals surface area contributed by atoms with Crippen molar-refractivity contribution >= 4 is 33.6 Å². The van der Waals surface area contributed by atoms with Crippen LogP contribution in [0.15, 0.2) is 97.1 Å². The number of esters is 1. The first-order chi connectivity index (χ1) is 18.0. The summed E-state index contributed by atoms with van der Waals surface area (Å²) in [5.74, 6) is -0.155. The zero-order valence-electron chi connectivity index (χ0n) is 20.6. The molecule has 184 valence electrons. The highest BCUT2D eigenvalue weighted by Gasteiger charge is 2.18. The quantitative estimate of drug-likeness (QED) is 0.279. The van der Waals surface area contributed by atoms with E-state index < -0.39 is 5.97 Å². The van der Waals surface area contributed by atoms with Crippen LogP contribution in [0.3, 0.4) is 0 Å². The fourth-order valence-electron chi connectivity index (χ4n) is 4.32. The van der Waals surface area contributed by atoms with Gasteiger partial charge in [-0.15, -0.1) is 0 Å². The maximum atomic E-state index is 13.1. The molecule has 0 aliphatic heterocycles. The zero-order chi connectivity index (χ0) is 25.8. The number of amides is 1. The molecule has 1 atom stereocenters. The molecule has 0 fully saturated rings. The van der Waals surface area contributed by atoms with Gasteiger partial charge in [-0.25, -0.2) is 9.78 Å². The van der Waals surface area contributed by atoms with E-state index in [2.05, 4.69) is 5.32 Å². The Kier molecular flexibility index (Phi) is 6.81. The summed E-state index contributed by atoms with van der Waals surface area (Å²) in [6.07, 6.45) is 0. The molecule has 0 saturated heterocycles. The summed E-state index contributed by atoms with van der Waals surface area (Å²) in [7, 11) is 1.64. The third-order valence-electron chi connectivity index (χ3n) is 6.29. The standard InChI is InChI=1S/C31H26N2O4/c1-20(21-8-4-3-5-9-21)32-30(34)19-37-31(35)27-18-29(33-28-11-7-6-10-26(27)28)24-13-12-23-17-25(36-2)15-14-22(23)16-24/h3-18,20H,19H2,1-2H3,(H,32,34)/t20-/m1/s1. The number of carbonyl (C=O) groups is 2. The van der Waals surface area contributed by atoms with E-state index in [9.17, 15) is 9.59 Å². The van der Waals surface area contributed by atoms with Gasteiger partial charge in [-0.2, -0.15) is 0 Å². The van der Waals surface area contributed by atoms with Crippen LogP contribution in [0.4, 0.5) is 0 Å². The average Bonchev–Trinajstić information content (AvgIpc) is 2.95. The van der Waals surface area contributed by atoms with E-state index in [0.717, 1.165) is 27.6 Å². The van der Waals surface area contributed by atoms with E-state index in [0.29, 0.717) is 22.2 Å². The molecule has 1 amide bonds. The molecule has 37 heavy (non-hydrogen) atoms. The van der Waals surface area contributed by atoms with E-state index in [4.69, 9.17) is 14.5 Å². The molecular formula is C31H26N2O4. The summed E-state index contributed by atoms with van der Waals surface area (Å²) in [6.45, 7) is 1.51. The minimum atomic E-state index is -0.576. The number of ether oxygens (including phenoxy) is 2. The Bertz CT molecular complexity index is 1600. The molecule has 0 bridgehead atoms. The smallest absolute Gasteiger partial charge is 0.339 e. The van der Waals surface area contributed by atoms with E-state index in [1.165, 1.54) is 0 Å². The predicted molar refractivity (Wildman–Crippen MR) is 145 cm³/mol. The molecule has 5 rings (SSSR count). The number of rotatable bonds is 7. The molecule has 4 aromatic carbocycles. The average molecular weight is 491 g/mol. The molecule has 1 N–H and O–H groups in total. The molecule has 0 spiro atoms. The van der Waals surface area contributed by atoms with Crippen LogP contribution >= 0.6 is 0 Å². The summed E-state index contributed by atoms with van der Waals surface area (Å²) in [5, 5.41) is 5.60. The third-order valence-corrected chi connectivity index (χ3v) is 6.29. The van der Waals surface area contributed by atoms with E-state index >= 15 is 0 Å². The van der Waals surface area contributed by atoms with Gasteiger partial charge in [-0.3, -0.25) is 4.79 Å². The number of pyridine rings is 1. The second-order valence-corrected chi connectivity index (χ2v) is 8.78. The monoisotopic (exact) mass is 490 g/mol. The van der Waals surface area contributed by atoms with Crippen molar-refractivity contribution in [3.63, 3.8) is 0 Å². The number of nitrogens with zero attached hydrogens (tertiary/aromatic N) is 1. The van der Waals surface area contributed by atoms with Gasteiger partial charge in [0.2, 0.25) is 0 Å². The lowest BCUT2D eigenvalue weighted by Crippen LogP contribution is -2.31. The first-order valence-electron chi connectivity index (χ1n) is 12.0. The van der Waals surface area contributed by atoms with Crippen LogP contribution in [0, 0.1) is 0 Å². The zero-order valence-corrected chi connectivity index (χ0v) is 20.6. The lowest BCUT2D eigenvalue weighted by Gasteiger charge is -2.15.